The standard InChI is InChI=1S/C5H7N2.ClH/c1-4-3-6-7-5(4)2;/h3H,1-2H3;1H. The van der Waals surface area contributed by atoms with Gasteiger partial charge in [0.1, 0.15) is 0 Å². The summed E-state index contributed by atoms with van der Waals surface area (Å²) >= 11 is 0. The van der Waals surface area contributed by atoms with E-state index in [0.29, 0.717) is 0 Å². The number of halogens is 1. The van der Waals surface area contributed by atoms with Gasteiger partial charge in [-0.1, -0.05) is 0 Å². The van der Waals surface area contributed by atoms with Crippen LogP contribution in [0.25, 0.3) is 0 Å². The lowest BCUT2D eigenvalue weighted by atomic mass is 10.2. The molecule has 1 radical (unpaired) electrons. The van der Waals surface area contributed by atoms with Crippen LogP contribution in [-0.2, 0) is 0 Å². The Hall–Kier alpha value is -0.500. The average Bonchev–Trinajstić information content (AvgIpc) is 1.91. The van der Waals surface area contributed by atoms with Crippen LogP contribution in [0.2, 0.25) is 0 Å². The van der Waals surface area contributed by atoms with E-state index in [1.54, 1.807) is 6.20 Å². The number of rotatable bonds is 0. The van der Waals surface area contributed by atoms with Crippen LogP contribution >= 0.6 is 12.4 Å². The predicted molar refractivity (Wildman–Crippen MR) is 36.2 cm³/mol. The van der Waals surface area contributed by atoms with Gasteiger partial charge in [0.05, 0.1) is 11.9 Å². The maximum Gasteiger partial charge on any atom is 0.0644 e. The minimum absolute atomic E-state index is 0. The molecule has 0 spiro atoms. The highest BCUT2D eigenvalue weighted by Crippen LogP contribution is 2.00. The molecule has 0 bridgehead atoms. The second-order valence-corrected chi connectivity index (χ2v) is 1.61. The van der Waals surface area contributed by atoms with Crippen molar-refractivity contribution in [2.75, 3.05) is 0 Å². The SMILES string of the molecule is CC1=C[N]N=C1C.Cl. The molecular weight excluding hydrogens is 124 g/mol. The zero-order valence-corrected chi connectivity index (χ0v) is 5.70. The summed E-state index contributed by atoms with van der Waals surface area (Å²) in [5.41, 5.74) is 5.87. The zero-order valence-electron chi connectivity index (χ0n) is 4.88. The summed E-state index contributed by atoms with van der Waals surface area (Å²) in [6.45, 7) is 3.94. The first kappa shape index (κ1) is 7.50. The number of nitrogens with zero attached hydrogens (tertiary/aromatic N) is 2. The lowest BCUT2D eigenvalue weighted by Crippen LogP contribution is -1.84. The molecule has 0 saturated heterocycles. The topological polar surface area (TPSA) is 26.5 Å². The smallest absolute Gasteiger partial charge is 0.0644 e. The fourth-order valence-corrected chi connectivity index (χ4v) is 0.374. The lowest BCUT2D eigenvalue weighted by Gasteiger charge is -1.82. The van der Waals surface area contributed by atoms with Crippen molar-refractivity contribution in [3.63, 3.8) is 0 Å². The predicted octanol–water partition coefficient (Wildman–Crippen LogP) is 1.31. The highest BCUT2D eigenvalue weighted by atomic mass is 35.5. The molecule has 0 amide bonds. The molecule has 0 aromatic heterocycles. The Morgan fingerprint density at radius 3 is 2.12 bits per heavy atom. The van der Waals surface area contributed by atoms with E-state index >= 15 is 0 Å². The molecule has 0 fully saturated rings. The van der Waals surface area contributed by atoms with Gasteiger partial charge < -0.3 is 0 Å². The quantitative estimate of drug-likeness (QED) is 0.474. The van der Waals surface area contributed by atoms with Crippen molar-refractivity contribution >= 4 is 18.1 Å². The third-order valence-electron chi connectivity index (χ3n) is 1.03. The molecule has 0 aliphatic carbocycles. The normalized spacial score (nSPS) is 15.8. The van der Waals surface area contributed by atoms with E-state index in [2.05, 4.69) is 10.5 Å². The molecule has 0 aromatic carbocycles. The third kappa shape index (κ3) is 1.23. The second-order valence-electron chi connectivity index (χ2n) is 1.61. The Bertz CT molecular complexity index is 121. The van der Waals surface area contributed by atoms with E-state index in [1.165, 1.54) is 5.57 Å². The van der Waals surface area contributed by atoms with Gasteiger partial charge in [-0.2, -0.15) is 10.5 Å². The van der Waals surface area contributed by atoms with Crippen LogP contribution < -0.4 is 5.43 Å². The summed E-state index contributed by atoms with van der Waals surface area (Å²) in [5.74, 6) is 0. The summed E-state index contributed by atoms with van der Waals surface area (Å²) in [4.78, 5) is 0. The van der Waals surface area contributed by atoms with Crippen LogP contribution in [0.4, 0.5) is 0 Å². The monoisotopic (exact) mass is 131 g/mol. The minimum Gasteiger partial charge on any atom is -0.159 e. The summed E-state index contributed by atoms with van der Waals surface area (Å²) in [6, 6.07) is 0. The molecule has 1 aliphatic heterocycles. The van der Waals surface area contributed by atoms with Gasteiger partial charge in [0.2, 0.25) is 0 Å². The van der Waals surface area contributed by atoms with Gasteiger partial charge in [0, 0.05) is 0 Å². The maximum atomic E-state index is 3.77. The Kier molecular flexibility index (Phi) is 2.55. The fourth-order valence-electron chi connectivity index (χ4n) is 0.374. The maximum absolute atomic E-state index is 3.77. The van der Waals surface area contributed by atoms with Crippen molar-refractivity contribution in [1.29, 1.82) is 0 Å². The van der Waals surface area contributed by atoms with Gasteiger partial charge in [-0.15, -0.1) is 12.4 Å². The summed E-state index contributed by atoms with van der Waals surface area (Å²) in [7, 11) is 0. The minimum atomic E-state index is 0. The van der Waals surface area contributed by atoms with Crippen LogP contribution in [0.1, 0.15) is 13.8 Å². The van der Waals surface area contributed by atoms with E-state index in [-0.39, 0.29) is 12.4 Å². The van der Waals surface area contributed by atoms with E-state index in [1.807, 2.05) is 13.8 Å². The molecule has 45 valence electrons. The molecule has 1 aliphatic rings. The average molecular weight is 132 g/mol. The number of allylic oxidation sites excluding steroid dienone is 1. The van der Waals surface area contributed by atoms with E-state index in [9.17, 15) is 0 Å². The van der Waals surface area contributed by atoms with Crippen LogP contribution in [0.15, 0.2) is 16.9 Å². The second kappa shape index (κ2) is 2.72. The van der Waals surface area contributed by atoms with E-state index in [4.69, 9.17) is 0 Å². The lowest BCUT2D eigenvalue weighted by molar-refractivity contribution is 0.969. The Morgan fingerprint density at radius 1 is 1.38 bits per heavy atom. The molecule has 8 heavy (non-hydrogen) atoms. The summed E-state index contributed by atoms with van der Waals surface area (Å²) in [5, 5.41) is 3.77. The van der Waals surface area contributed by atoms with Gasteiger partial charge in [-0.3, -0.25) is 0 Å². The van der Waals surface area contributed by atoms with Gasteiger partial charge in [0.15, 0.2) is 0 Å². The molecule has 0 saturated carbocycles. The third-order valence-corrected chi connectivity index (χ3v) is 1.03. The highest BCUT2D eigenvalue weighted by molar-refractivity contribution is 5.98. The molecule has 3 heteroatoms. The van der Waals surface area contributed by atoms with E-state index in [0.717, 1.165) is 5.71 Å². The van der Waals surface area contributed by atoms with E-state index < -0.39 is 0 Å². The van der Waals surface area contributed by atoms with Crippen molar-refractivity contribution in [2.24, 2.45) is 5.10 Å². The summed E-state index contributed by atoms with van der Waals surface area (Å²) in [6.07, 6.45) is 1.76. The van der Waals surface area contributed by atoms with Gasteiger partial charge in [-0.25, -0.2) is 0 Å². The molecule has 2 nitrogen and oxygen atoms in total. The highest BCUT2D eigenvalue weighted by Gasteiger charge is 1.99. The summed E-state index contributed by atoms with van der Waals surface area (Å²) < 4.78 is 0. The van der Waals surface area contributed by atoms with Crippen LogP contribution in [0, 0.1) is 0 Å². The first-order chi connectivity index (χ1) is 3.30. The first-order valence-electron chi connectivity index (χ1n) is 2.22. The van der Waals surface area contributed by atoms with Crippen LogP contribution in [-0.4, -0.2) is 5.71 Å². The van der Waals surface area contributed by atoms with Crippen molar-refractivity contribution in [3.05, 3.63) is 11.8 Å². The zero-order chi connectivity index (χ0) is 5.28. The number of hydrogen-bond acceptors (Lipinski definition) is 1. The van der Waals surface area contributed by atoms with Crippen molar-refractivity contribution in [1.82, 2.24) is 5.43 Å². The van der Waals surface area contributed by atoms with Crippen LogP contribution in [0.5, 0.6) is 0 Å². The van der Waals surface area contributed by atoms with Crippen molar-refractivity contribution < 1.29 is 0 Å². The van der Waals surface area contributed by atoms with Crippen LogP contribution in [0.3, 0.4) is 0 Å². The Morgan fingerprint density at radius 2 is 2.00 bits per heavy atom. The van der Waals surface area contributed by atoms with Crippen molar-refractivity contribution in [2.45, 2.75) is 13.8 Å². The Balaban J connectivity index is 0.000000490. The Labute approximate surface area is 55.1 Å². The first-order valence-corrected chi connectivity index (χ1v) is 2.22. The molecule has 0 N–H and O–H groups in total. The largest absolute Gasteiger partial charge is 0.159 e. The molecule has 1 heterocycles. The van der Waals surface area contributed by atoms with Gasteiger partial charge >= 0.3 is 0 Å². The van der Waals surface area contributed by atoms with Gasteiger partial charge in [-0.05, 0) is 19.4 Å². The molecule has 0 aromatic rings. The van der Waals surface area contributed by atoms with Crippen molar-refractivity contribution in [3.8, 4) is 0 Å². The molecule has 1 rings (SSSR count). The molecular formula is C5H8ClN2. The molecule has 0 unspecified atom stereocenters. The molecule has 0 atom stereocenters. The number of hydrogen-bond donors (Lipinski definition) is 0. The van der Waals surface area contributed by atoms with Gasteiger partial charge in [0.25, 0.3) is 0 Å². The fraction of sp³-hybridized carbons (Fsp3) is 0.400.